The first-order chi connectivity index (χ1) is 6.86. The number of para-hydroxylation sites is 1. The molecular formula is C12H9OS. The van der Waals surface area contributed by atoms with Gasteiger partial charge in [-0.1, -0.05) is 42.6 Å². The average Bonchev–Trinajstić information content (AvgIpc) is 2.23. The fraction of sp³-hybridized carbons (Fsp3) is 0.0833. The molecule has 0 aromatic heterocycles. The van der Waals surface area contributed by atoms with E-state index in [-0.39, 0.29) is 0 Å². The Labute approximate surface area is 88.7 Å². The van der Waals surface area contributed by atoms with E-state index in [0.29, 0.717) is 5.76 Å². The van der Waals surface area contributed by atoms with Crippen molar-refractivity contribution >= 4 is 17.1 Å². The van der Waals surface area contributed by atoms with Crippen LogP contribution in [0.1, 0.15) is 6.42 Å². The van der Waals surface area contributed by atoms with Crippen LogP contribution >= 0.6 is 12.2 Å². The van der Waals surface area contributed by atoms with E-state index in [9.17, 15) is 0 Å². The van der Waals surface area contributed by atoms with Crippen LogP contribution in [0.5, 0.6) is 5.75 Å². The monoisotopic (exact) mass is 201 g/mol. The lowest BCUT2D eigenvalue weighted by molar-refractivity contribution is 0.452. The minimum Gasteiger partial charge on any atom is -0.456 e. The van der Waals surface area contributed by atoms with Gasteiger partial charge >= 0.3 is 0 Å². The van der Waals surface area contributed by atoms with Gasteiger partial charge in [-0.2, -0.15) is 0 Å². The largest absolute Gasteiger partial charge is 0.456 e. The minimum absolute atomic E-state index is 0.661. The van der Waals surface area contributed by atoms with Crippen LogP contribution in [0.25, 0.3) is 0 Å². The summed E-state index contributed by atoms with van der Waals surface area (Å²) in [5.41, 5.74) is 0. The summed E-state index contributed by atoms with van der Waals surface area (Å²) in [4.78, 5) is 0.802. The zero-order chi connectivity index (χ0) is 9.80. The molecule has 69 valence electrons. The van der Waals surface area contributed by atoms with Gasteiger partial charge in [-0.05, 0) is 12.1 Å². The Balaban J connectivity index is 2.15. The lowest BCUT2D eigenvalue weighted by Crippen LogP contribution is -2.08. The summed E-state index contributed by atoms with van der Waals surface area (Å²) in [5.74, 6) is 1.46. The predicted molar refractivity (Wildman–Crippen MR) is 60.2 cm³/mol. The van der Waals surface area contributed by atoms with Crippen molar-refractivity contribution in [2.75, 3.05) is 0 Å². The van der Waals surface area contributed by atoms with Crippen molar-refractivity contribution in [2.45, 2.75) is 6.42 Å². The summed E-state index contributed by atoms with van der Waals surface area (Å²) in [5, 5.41) is 0. The predicted octanol–water partition coefficient (Wildman–Crippen LogP) is 3.08. The zero-order valence-electron chi connectivity index (χ0n) is 7.57. The third-order valence-electron chi connectivity index (χ3n) is 1.85. The van der Waals surface area contributed by atoms with E-state index >= 15 is 0 Å². The van der Waals surface area contributed by atoms with Gasteiger partial charge in [0.15, 0.2) is 0 Å². The highest BCUT2D eigenvalue weighted by molar-refractivity contribution is 7.80. The van der Waals surface area contributed by atoms with Crippen LogP contribution in [0.4, 0.5) is 0 Å². The third kappa shape index (κ3) is 2.09. The fourth-order valence-corrected chi connectivity index (χ4v) is 1.36. The topological polar surface area (TPSA) is 9.23 Å². The van der Waals surface area contributed by atoms with Gasteiger partial charge in [-0.3, -0.25) is 0 Å². The van der Waals surface area contributed by atoms with Crippen molar-refractivity contribution in [3.8, 4) is 5.75 Å². The van der Waals surface area contributed by atoms with Gasteiger partial charge in [0.05, 0.1) is 4.86 Å². The van der Waals surface area contributed by atoms with Gasteiger partial charge in [0.2, 0.25) is 0 Å². The second-order valence-corrected chi connectivity index (χ2v) is 3.41. The molecule has 0 N–H and O–H groups in total. The van der Waals surface area contributed by atoms with E-state index < -0.39 is 0 Å². The summed E-state index contributed by atoms with van der Waals surface area (Å²) in [6.07, 6.45) is 7.57. The number of benzene rings is 1. The molecule has 1 aliphatic carbocycles. The average molecular weight is 201 g/mol. The summed E-state index contributed by atoms with van der Waals surface area (Å²) < 4.78 is 5.58. The lowest BCUT2D eigenvalue weighted by Gasteiger charge is -2.11. The Morgan fingerprint density at radius 1 is 1.21 bits per heavy atom. The van der Waals surface area contributed by atoms with E-state index in [1.165, 1.54) is 0 Å². The highest BCUT2D eigenvalue weighted by Crippen LogP contribution is 2.16. The number of hydrogen-bond donors (Lipinski definition) is 0. The van der Waals surface area contributed by atoms with Gasteiger partial charge in [0.25, 0.3) is 0 Å². The molecule has 14 heavy (non-hydrogen) atoms. The summed E-state index contributed by atoms with van der Waals surface area (Å²) in [6, 6.07) is 9.60. The van der Waals surface area contributed by atoms with Crippen molar-refractivity contribution in [1.82, 2.24) is 0 Å². The van der Waals surface area contributed by atoms with Crippen LogP contribution in [-0.2, 0) is 0 Å². The molecular weight excluding hydrogens is 192 g/mol. The molecule has 1 aliphatic rings. The minimum atomic E-state index is 0.661. The molecule has 0 aliphatic heterocycles. The molecule has 1 radical (unpaired) electrons. The first-order valence-corrected chi connectivity index (χ1v) is 4.82. The maximum absolute atomic E-state index is 5.58. The van der Waals surface area contributed by atoms with Gasteiger partial charge in [-0.15, -0.1) is 0 Å². The molecule has 0 unspecified atom stereocenters. The third-order valence-corrected chi connectivity index (χ3v) is 2.20. The van der Waals surface area contributed by atoms with Crippen LogP contribution < -0.4 is 4.74 Å². The van der Waals surface area contributed by atoms with E-state index in [1.54, 1.807) is 0 Å². The Kier molecular flexibility index (Phi) is 2.75. The highest BCUT2D eigenvalue weighted by atomic mass is 32.1. The molecule has 1 nitrogen and oxygen atoms in total. The standard InChI is InChI=1S/C12H9OS/c14-12-9-5-4-8-11(12)13-10-6-2-1-3-7-10/h1-7H,9H2. The Bertz CT molecular complexity index is 390. The SMILES string of the molecule is S=C1CC=C[C]=C1Oc1ccccc1. The highest BCUT2D eigenvalue weighted by Gasteiger charge is 2.08. The summed E-state index contributed by atoms with van der Waals surface area (Å²) in [6.45, 7) is 0. The molecule has 0 atom stereocenters. The molecule has 0 fully saturated rings. The van der Waals surface area contributed by atoms with Gasteiger partial charge in [0.1, 0.15) is 11.5 Å². The van der Waals surface area contributed by atoms with E-state index in [4.69, 9.17) is 17.0 Å². The maximum Gasteiger partial charge on any atom is 0.149 e. The number of ether oxygens (including phenoxy) is 1. The van der Waals surface area contributed by atoms with Crippen molar-refractivity contribution in [3.05, 3.63) is 54.3 Å². The van der Waals surface area contributed by atoms with Gasteiger partial charge in [0, 0.05) is 12.5 Å². The zero-order valence-corrected chi connectivity index (χ0v) is 8.38. The van der Waals surface area contributed by atoms with Crippen molar-refractivity contribution in [2.24, 2.45) is 0 Å². The van der Waals surface area contributed by atoms with E-state index in [2.05, 4.69) is 6.08 Å². The molecule has 0 saturated carbocycles. The summed E-state index contributed by atoms with van der Waals surface area (Å²) in [7, 11) is 0. The molecule has 0 bridgehead atoms. The van der Waals surface area contributed by atoms with Crippen LogP contribution in [0.15, 0.2) is 48.2 Å². The first kappa shape index (κ1) is 9.16. The second kappa shape index (κ2) is 4.20. The number of hydrogen-bond acceptors (Lipinski definition) is 2. The molecule has 0 spiro atoms. The van der Waals surface area contributed by atoms with Crippen LogP contribution in [0.3, 0.4) is 0 Å². The second-order valence-electron chi connectivity index (χ2n) is 2.92. The molecule has 1 aromatic carbocycles. The molecule has 1 aromatic rings. The molecule has 0 amide bonds. The molecule has 2 rings (SSSR count). The van der Waals surface area contributed by atoms with Crippen LogP contribution in [0, 0.1) is 6.08 Å². The van der Waals surface area contributed by atoms with Crippen LogP contribution in [-0.4, -0.2) is 4.86 Å². The Hall–Kier alpha value is -1.41. The van der Waals surface area contributed by atoms with Crippen LogP contribution in [0.2, 0.25) is 0 Å². The fourth-order valence-electron chi connectivity index (χ4n) is 1.17. The van der Waals surface area contributed by atoms with E-state index in [1.807, 2.05) is 42.5 Å². The first-order valence-electron chi connectivity index (χ1n) is 4.41. The molecule has 2 heteroatoms. The smallest absolute Gasteiger partial charge is 0.149 e. The molecule has 0 heterocycles. The normalized spacial score (nSPS) is 15.1. The number of allylic oxidation sites excluding steroid dienone is 4. The summed E-state index contributed by atoms with van der Waals surface area (Å²) >= 11 is 5.15. The van der Waals surface area contributed by atoms with Gasteiger partial charge in [-0.25, -0.2) is 0 Å². The maximum atomic E-state index is 5.58. The lowest BCUT2D eigenvalue weighted by atomic mass is 10.1. The Morgan fingerprint density at radius 3 is 2.71 bits per heavy atom. The van der Waals surface area contributed by atoms with Crippen molar-refractivity contribution in [1.29, 1.82) is 0 Å². The van der Waals surface area contributed by atoms with Crippen molar-refractivity contribution in [3.63, 3.8) is 0 Å². The van der Waals surface area contributed by atoms with Crippen molar-refractivity contribution < 1.29 is 4.74 Å². The molecule has 0 saturated heterocycles. The Morgan fingerprint density at radius 2 is 2.00 bits per heavy atom. The van der Waals surface area contributed by atoms with Gasteiger partial charge < -0.3 is 4.74 Å². The number of thiocarbonyl (C=S) groups is 1. The quantitative estimate of drug-likeness (QED) is 0.680. The number of rotatable bonds is 2. The van der Waals surface area contributed by atoms with E-state index in [0.717, 1.165) is 17.0 Å².